The Labute approximate surface area is 169 Å². The number of pyridine rings is 1. The van der Waals surface area contributed by atoms with Crippen molar-refractivity contribution in [2.45, 2.75) is 31.2 Å². The molecule has 7 nitrogen and oxygen atoms in total. The van der Waals surface area contributed by atoms with Gasteiger partial charge in [0, 0.05) is 30.6 Å². The molecule has 29 heavy (non-hydrogen) atoms. The first-order valence-corrected chi connectivity index (χ1v) is 9.64. The highest BCUT2D eigenvalue weighted by molar-refractivity contribution is 5.89. The molecule has 3 aromatic rings. The Kier molecular flexibility index (Phi) is 5.25. The van der Waals surface area contributed by atoms with Crippen molar-refractivity contribution in [2.75, 3.05) is 11.9 Å². The van der Waals surface area contributed by atoms with E-state index >= 15 is 0 Å². The lowest BCUT2D eigenvalue weighted by Gasteiger charge is -2.42. The topological polar surface area (TPSA) is 95.6 Å². The van der Waals surface area contributed by atoms with E-state index in [9.17, 15) is 4.79 Å². The van der Waals surface area contributed by atoms with Gasteiger partial charge < -0.3 is 10.6 Å². The van der Waals surface area contributed by atoms with Crippen molar-refractivity contribution >= 4 is 11.7 Å². The minimum absolute atomic E-state index is 0.0139. The standard InChI is InChI=1S/C22H22N6O/c23-12-17-2-4-18(5-3-17)14-28-15-20(13-26-28)27-21(29)25-16-22(8-1-9-22)19-6-10-24-11-7-19/h2-7,10-11,13,15H,1,8-9,14,16H2,(H2,25,27,29). The van der Waals surface area contributed by atoms with Crippen LogP contribution in [0, 0.1) is 11.3 Å². The molecule has 0 atom stereocenters. The lowest BCUT2D eigenvalue weighted by molar-refractivity contribution is 0.222. The average Bonchev–Trinajstić information content (AvgIpc) is 3.15. The summed E-state index contributed by atoms with van der Waals surface area (Å²) >= 11 is 0. The van der Waals surface area contributed by atoms with Gasteiger partial charge in [-0.05, 0) is 48.2 Å². The van der Waals surface area contributed by atoms with Crippen LogP contribution in [0.2, 0.25) is 0 Å². The number of amides is 2. The molecular formula is C22H22N6O. The van der Waals surface area contributed by atoms with Crippen LogP contribution in [-0.4, -0.2) is 27.3 Å². The molecule has 0 spiro atoms. The predicted molar refractivity (Wildman–Crippen MR) is 109 cm³/mol. The molecular weight excluding hydrogens is 364 g/mol. The van der Waals surface area contributed by atoms with Gasteiger partial charge in [-0.15, -0.1) is 0 Å². The third-order valence-electron chi connectivity index (χ3n) is 5.51. The Morgan fingerprint density at radius 1 is 1.17 bits per heavy atom. The molecule has 4 rings (SSSR count). The van der Waals surface area contributed by atoms with E-state index in [1.807, 2.05) is 24.3 Å². The van der Waals surface area contributed by atoms with Crippen LogP contribution >= 0.6 is 0 Å². The Morgan fingerprint density at radius 2 is 1.93 bits per heavy atom. The Balaban J connectivity index is 1.31. The largest absolute Gasteiger partial charge is 0.337 e. The first-order chi connectivity index (χ1) is 14.2. The van der Waals surface area contributed by atoms with Crippen LogP contribution in [0.5, 0.6) is 0 Å². The molecule has 1 fully saturated rings. The maximum atomic E-state index is 12.4. The summed E-state index contributed by atoms with van der Waals surface area (Å²) in [6.45, 7) is 1.17. The monoisotopic (exact) mass is 386 g/mol. The van der Waals surface area contributed by atoms with Gasteiger partial charge in [-0.2, -0.15) is 10.4 Å². The van der Waals surface area contributed by atoms with E-state index in [-0.39, 0.29) is 11.4 Å². The molecule has 0 saturated heterocycles. The Bertz CT molecular complexity index is 1020. The molecule has 0 unspecified atom stereocenters. The minimum Gasteiger partial charge on any atom is -0.337 e. The van der Waals surface area contributed by atoms with Crippen molar-refractivity contribution in [1.82, 2.24) is 20.1 Å². The SMILES string of the molecule is N#Cc1ccc(Cn2cc(NC(=O)NCC3(c4ccncc4)CCC3)cn2)cc1. The van der Waals surface area contributed by atoms with Crippen LogP contribution < -0.4 is 10.6 Å². The molecule has 2 aromatic heterocycles. The van der Waals surface area contributed by atoms with Gasteiger partial charge in [0.15, 0.2) is 0 Å². The summed E-state index contributed by atoms with van der Waals surface area (Å²) < 4.78 is 1.75. The molecule has 1 aliphatic rings. The first-order valence-electron chi connectivity index (χ1n) is 9.64. The average molecular weight is 386 g/mol. The van der Waals surface area contributed by atoms with Gasteiger partial charge in [-0.1, -0.05) is 18.6 Å². The zero-order valence-corrected chi connectivity index (χ0v) is 16.0. The molecule has 2 heterocycles. The molecule has 2 amide bonds. The van der Waals surface area contributed by atoms with Crippen LogP contribution in [0.4, 0.5) is 10.5 Å². The summed E-state index contributed by atoms with van der Waals surface area (Å²) in [6, 6.07) is 13.3. The molecule has 1 aliphatic carbocycles. The van der Waals surface area contributed by atoms with Crippen LogP contribution in [0.3, 0.4) is 0 Å². The van der Waals surface area contributed by atoms with Gasteiger partial charge in [0.05, 0.1) is 30.1 Å². The number of nitrogens with one attached hydrogen (secondary N) is 2. The molecule has 146 valence electrons. The molecule has 0 radical (unpaired) electrons. The van der Waals surface area contributed by atoms with Gasteiger partial charge in [0.2, 0.25) is 0 Å². The third-order valence-corrected chi connectivity index (χ3v) is 5.51. The Morgan fingerprint density at radius 3 is 2.59 bits per heavy atom. The highest BCUT2D eigenvalue weighted by Gasteiger charge is 2.38. The smallest absolute Gasteiger partial charge is 0.319 e. The summed E-state index contributed by atoms with van der Waals surface area (Å²) in [4.78, 5) is 16.5. The zero-order chi connectivity index (χ0) is 20.1. The third kappa shape index (κ3) is 4.27. The van der Waals surface area contributed by atoms with Crippen LogP contribution in [-0.2, 0) is 12.0 Å². The predicted octanol–water partition coefficient (Wildman–Crippen LogP) is 3.44. The minimum atomic E-state index is -0.233. The Hall–Kier alpha value is -3.66. The maximum Gasteiger partial charge on any atom is 0.319 e. The fourth-order valence-electron chi connectivity index (χ4n) is 3.69. The van der Waals surface area contributed by atoms with Crippen LogP contribution in [0.15, 0.2) is 61.2 Å². The van der Waals surface area contributed by atoms with Crippen molar-refractivity contribution < 1.29 is 4.79 Å². The van der Waals surface area contributed by atoms with E-state index in [4.69, 9.17) is 5.26 Å². The fourth-order valence-corrected chi connectivity index (χ4v) is 3.69. The maximum absolute atomic E-state index is 12.4. The number of carbonyl (C=O) groups is 1. The van der Waals surface area contributed by atoms with Gasteiger partial charge in [0.25, 0.3) is 0 Å². The van der Waals surface area contributed by atoms with E-state index in [1.165, 1.54) is 12.0 Å². The number of aromatic nitrogens is 3. The number of nitriles is 1. The van der Waals surface area contributed by atoms with E-state index in [0.29, 0.717) is 24.3 Å². The van der Waals surface area contributed by atoms with E-state index in [1.54, 1.807) is 41.6 Å². The van der Waals surface area contributed by atoms with Crippen molar-refractivity contribution in [3.05, 3.63) is 77.9 Å². The van der Waals surface area contributed by atoms with Crippen molar-refractivity contribution in [3.8, 4) is 6.07 Å². The molecule has 1 aromatic carbocycles. The zero-order valence-electron chi connectivity index (χ0n) is 16.0. The molecule has 0 aliphatic heterocycles. The van der Waals surface area contributed by atoms with Crippen molar-refractivity contribution in [3.63, 3.8) is 0 Å². The number of carbonyl (C=O) groups excluding carboxylic acids is 1. The van der Waals surface area contributed by atoms with Gasteiger partial charge in [0.1, 0.15) is 0 Å². The normalized spacial score (nSPS) is 14.4. The number of rotatable bonds is 6. The molecule has 2 N–H and O–H groups in total. The lowest BCUT2D eigenvalue weighted by atomic mass is 9.64. The lowest BCUT2D eigenvalue weighted by Crippen LogP contribution is -2.46. The summed E-state index contributed by atoms with van der Waals surface area (Å²) in [7, 11) is 0. The summed E-state index contributed by atoms with van der Waals surface area (Å²) in [5, 5.41) is 19.0. The number of nitrogens with zero attached hydrogens (tertiary/aromatic N) is 4. The van der Waals surface area contributed by atoms with Crippen LogP contribution in [0.1, 0.15) is 36.0 Å². The van der Waals surface area contributed by atoms with Crippen LogP contribution in [0.25, 0.3) is 0 Å². The molecule has 1 saturated carbocycles. The molecule has 7 heteroatoms. The second-order valence-corrected chi connectivity index (χ2v) is 7.41. The number of urea groups is 1. The van der Waals surface area contributed by atoms with Crippen molar-refractivity contribution in [2.24, 2.45) is 0 Å². The van der Waals surface area contributed by atoms with E-state index < -0.39 is 0 Å². The van der Waals surface area contributed by atoms with Gasteiger partial charge >= 0.3 is 6.03 Å². The van der Waals surface area contributed by atoms with E-state index in [0.717, 1.165) is 18.4 Å². The van der Waals surface area contributed by atoms with Gasteiger partial charge in [-0.3, -0.25) is 9.67 Å². The van der Waals surface area contributed by atoms with E-state index in [2.05, 4.69) is 26.8 Å². The second kappa shape index (κ2) is 8.15. The first kappa shape index (κ1) is 18.7. The summed E-state index contributed by atoms with van der Waals surface area (Å²) in [5.41, 5.74) is 3.55. The number of anilines is 1. The summed E-state index contributed by atoms with van der Waals surface area (Å²) in [5.74, 6) is 0. The number of hydrogen-bond donors (Lipinski definition) is 2. The molecule has 0 bridgehead atoms. The number of benzene rings is 1. The fraction of sp³-hybridized carbons (Fsp3) is 0.273. The highest BCUT2D eigenvalue weighted by Crippen LogP contribution is 2.42. The highest BCUT2D eigenvalue weighted by atomic mass is 16.2. The summed E-state index contributed by atoms with van der Waals surface area (Å²) in [6.07, 6.45) is 10.3. The number of hydrogen-bond acceptors (Lipinski definition) is 4. The van der Waals surface area contributed by atoms with Crippen molar-refractivity contribution in [1.29, 1.82) is 5.26 Å². The van der Waals surface area contributed by atoms with Gasteiger partial charge in [-0.25, -0.2) is 4.79 Å². The quantitative estimate of drug-likeness (QED) is 0.678. The second-order valence-electron chi connectivity index (χ2n) is 7.41.